The molecule has 3 N–H and O–H groups in total. The molecule has 0 saturated carbocycles. The largest absolute Gasteiger partial charge is 0.573 e. The van der Waals surface area contributed by atoms with Gasteiger partial charge in [0.05, 0.1) is 12.1 Å². The van der Waals surface area contributed by atoms with Crippen LogP contribution in [0.1, 0.15) is 32.4 Å². The summed E-state index contributed by atoms with van der Waals surface area (Å²) in [5.41, 5.74) is 2.48. The van der Waals surface area contributed by atoms with Crippen LogP contribution in [-0.2, 0) is 4.74 Å². The number of rotatable bonds is 5. The topological polar surface area (TPSA) is 56.5 Å². The van der Waals surface area contributed by atoms with Crippen molar-refractivity contribution >= 4 is 0 Å². The molecule has 4 nitrogen and oxygen atoms in total. The molecule has 0 bridgehead atoms. The first kappa shape index (κ1) is 17.7. The predicted octanol–water partition coefficient (Wildman–Crippen LogP) is 3.15. The Labute approximate surface area is 122 Å². The summed E-state index contributed by atoms with van der Waals surface area (Å²) in [4.78, 5) is 0. The zero-order valence-electron chi connectivity index (χ0n) is 12.5. The van der Waals surface area contributed by atoms with Gasteiger partial charge >= 0.3 is 6.36 Å². The number of alkyl halides is 3. The van der Waals surface area contributed by atoms with Crippen molar-refractivity contribution in [2.24, 2.45) is 11.3 Å². The van der Waals surface area contributed by atoms with E-state index in [2.05, 4.69) is 10.2 Å². The maximum Gasteiger partial charge on any atom is 0.573 e. The minimum Gasteiger partial charge on any atom is -0.405 e. The summed E-state index contributed by atoms with van der Waals surface area (Å²) in [7, 11) is 1.49. The smallest absolute Gasteiger partial charge is 0.405 e. The fourth-order valence-electron chi connectivity index (χ4n) is 2.28. The molecule has 120 valence electrons. The predicted molar refractivity (Wildman–Crippen MR) is 73.4 cm³/mol. The third-order valence-corrected chi connectivity index (χ3v) is 3.07. The van der Waals surface area contributed by atoms with E-state index in [9.17, 15) is 13.2 Å². The van der Waals surface area contributed by atoms with Crippen molar-refractivity contribution in [1.29, 1.82) is 0 Å². The van der Waals surface area contributed by atoms with E-state index in [4.69, 9.17) is 10.6 Å². The van der Waals surface area contributed by atoms with Gasteiger partial charge < -0.3 is 9.47 Å². The van der Waals surface area contributed by atoms with Crippen molar-refractivity contribution in [3.05, 3.63) is 29.8 Å². The van der Waals surface area contributed by atoms with E-state index in [-0.39, 0.29) is 11.2 Å². The van der Waals surface area contributed by atoms with Crippen LogP contribution in [0.2, 0.25) is 0 Å². The van der Waals surface area contributed by atoms with Crippen LogP contribution in [0.25, 0.3) is 0 Å². The van der Waals surface area contributed by atoms with E-state index in [1.165, 1.54) is 25.3 Å². The standard InChI is InChI=1S/C14H21F3N2O2/c1-13(2,3)12(20-4)11(19-18)9-7-5-6-8-10(9)21-14(15,16)17/h5-8,11-12,19H,18H2,1-4H3. The van der Waals surface area contributed by atoms with Crippen molar-refractivity contribution in [3.63, 3.8) is 0 Å². The van der Waals surface area contributed by atoms with Gasteiger partial charge in [-0.2, -0.15) is 0 Å². The Morgan fingerprint density at radius 3 is 2.14 bits per heavy atom. The van der Waals surface area contributed by atoms with Gasteiger partial charge in [-0.05, 0) is 11.5 Å². The van der Waals surface area contributed by atoms with Crippen molar-refractivity contribution in [2.45, 2.75) is 39.3 Å². The Morgan fingerprint density at radius 1 is 1.14 bits per heavy atom. The Hall–Kier alpha value is -1.31. The van der Waals surface area contributed by atoms with E-state index in [1.54, 1.807) is 6.07 Å². The molecule has 0 amide bonds. The minimum absolute atomic E-state index is 0.291. The minimum atomic E-state index is -4.76. The lowest BCUT2D eigenvalue weighted by atomic mass is 9.82. The first-order valence-corrected chi connectivity index (χ1v) is 6.43. The third kappa shape index (κ3) is 4.87. The molecule has 0 saturated heterocycles. The summed E-state index contributed by atoms with van der Waals surface area (Å²) in [6.07, 6.45) is -5.21. The monoisotopic (exact) mass is 306 g/mol. The first-order valence-electron chi connectivity index (χ1n) is 6.43. The highest BCUT2D eigenvalue weighted by Crippen LogP contribution is 2.37. The van der Waals surface area contributed by atoms with Crippen molar-refractivity contribution < 1.29 is 22.6 Å². The Balaban J connectivity index is 3.22. The first-order chi connectivity index (χ1) is 9.60. The van der Waals surface area contributed by atoms with Crippen LogP contribution in [0.4, 0.5) is 13.2 Å². The zero-order valence-corrected chi connectivity index (χ0v) is 12.5. The number of hydrazine groups is 1. The van der Waals surface area contributed by atoms with Crippen molar-refractivity contribution in [2.75, 3.05) is 7.11 Å². The lowest BCUT2D eigenvalue weighted by Gasteiger charge is -2.36. The highest BCUT2D eigenvalue weighted by molar-refractivity contribution is 5.37. The molecule has 0 radical (unpaired) electrons. The molecule has 21 heavy (non-hydrogen) atoms. The van der Waals surface area contributed by atoms with E-state index < -0.39 is 18.5 Å². The quantitative estimate of drug-likeness (QED) is 0.648. The van der Waals surface area contributed by atoms with Crippen LogP contribution in [0.5, 0.6) is 5.75 Å². The summed E-state index contributed by atoms with van der Waals surface area (Å²) in [5.74, 6) is 5.25. The maximum absolute atomic E-state index is 12.5. The summed E-state index contributed by atoms with van der Waals surface area (Å²) in [6.45, 7) is 5.75. The molecule has 0 aliphatic heterocycles. The number of halogens is 3. The van der Waals surface area contributed by atoms with Gasteiger partial charge in [0.15, 0.2) is 0 Å². The van der Waals surface area contributed by atoms with E-state index >= 15 is 0 Å². The fourth-order valence-corrected chi connectivity index (χ4v) is 2.28. The summed E-state index contributed by atoms with van der Waals surface area (Å²) >= 11 is 0. The van der Waals surface area contributed by atoms with Gasteiger partial charge in [-0.1, -0.05) is 39.0 Å². The van der Waals surface area contributed by atoms with Crippen LogP contribution < -0.4 is 16.0 Å². The van der Waals surface area contributed by atoms with Crippen molar-refractivity contribution in [1.82, 2.24) is 5.43 Å². The highest BCUT2D eigenvalue weighted by atomic mass is 19.4. The van der Waals surface area contributed by atoms with E-state index in [0.717, 1.165) is 0 Å². The van der Waals surface area contributed by atoms with Gasteiger partial charge in [0.25, 0.3) is 0 Å². The van der Waals surface area contributed by atoms with E-state index in [1.807, 2.05) is 20.8 Å². The molecule has 0 fully saturated rings. The van der Waals surface area contributed by atoms with Gasteiger partial charge in [0.2, 0.25) is 0 Å². The normalized spacial score (nSPS) is 15.6. The van der Waals surface area contributed by atoms with Crippen LogP contribution >= 0.6 is 0 Å². The molecular weight excluding hydrogens is 285 g/mol. The Bertz CT molecular complexity index is 458. The Morgan fingerprint density at radius 2 is 1.71 bits per heavy atom. The lowest BCUT2D eigenvalue weighted by Crippen LogP contribution is -2.44. The number of nitrogens with two attached hydrogens (primary N) is 1. The number of para-hydroxylation sites is 1. The molecule has 2 atom stereocenters. The van der Waals surface area contributed by atoms with Crippen LogP contribution in [0.3, 0.4) is 0 Å². The SMILES string of the molecule is COC(C(NN)c1ccccc1OC(F)(F)F)C(C)(C)C. The molecule has 1 rings (SSSR count). The number of methoxy groups -OCH3 is 1. The number of benzene rings is 1. The van der Waals surface area contributed by atoms with Gasteiger partial charge in [0, 0.05) is 12.7 Å². The number of hydrogen-bond acceptors (Lipinski definition) is 4. The second-order valence-corrected chi connectivity index (χ2v) is 5.75. The van der Waals surface area contributed by atoms with Gasteiger partial charge in [0.1, 0.15) is 5.75 Å². The summed E-state index contributed by atoms with van der Waals surface area (Å²) < 4.78 is 47.0. The van der Waals surface area contributed by atoms with Crippen LogP contribution in [0, 0.1) is 5.41 Å². The highest BCUT2D eigenvalue weighted by Gasteiger charge is 2.37. The number of nitrogens with one attached hydrogen (secondary N) is 1. The second-order valence-electron chi connectivity index (χ2n) is 5.75. The average Bonchev–Trinajstić information content (AvgIpc) is 2.33. The lowest BCUT2D eigenvalue weighted by molar-refractivity contribution is -0.275. The average molecular weight is 306 g/mol. The van der Waals surface area contributed by atoms with Crippen molar-refractivity contribution in [3.8, 4) is 5.75 Å². The molecule has 0 spiro atoms. The second kappa shape index (κ2) is 6.64. The summed E-state index contributed by atoms with van der Waals surface area (Å²) in [5, 5.41) is 0. The van der Waals surface area contributed by atoms with E-state index in [0.29, 0.717) is 5.56 Å². The maximum atomic E-state index is 12.5. The third-order valence-electron chi connectivity index (χ3n) is 3.07. The molecule has 0 aliphatic carbocycles. The fraction of sp³-hybridized carbons (Fsp3) is 0.571. The molecule has 1 aromatic rings. The number of ether oxygens (including phenoxy) is 2. The van der Waals surface area contributed by atoms with Crippen LogP contribution in [-0.4, -0.2) is 19.6 Å². The Kier molecular flexibility index (Phi) is 5.61. The number of hydrogen-bond donors (Lipinski definition) is 2. The van der Waals surface area contributed by atoms with Crippen LogP contribution in [0.15, 0.2) is 24.3 Å². The molecule has 7 heteroatoms. The molecule has 0 aromatic heterocycles. The molecule has 2 unspecified atom stereocenters. The molecule has 0 aliphatic rings. The van der Waals surface area contributed by atoms with Gasteiger partial charge in [-0.25, -0.2) is 0 Å². The molecule has 1 aromatic carbocycles. The van der Waals surface area contributed by atoms with Gasteiger partial charge in [-0.3, -0.25) is 11.3 Å². The summed E-state index contributed by atoms with van der Waals surface area (Å²) in [6, 6.07) is 5.23. The molecular formula is C14H21F3N2O2. The van der Waals surface area contributed by atoms with Gasteiger partial charge in [-0.15, -0.1) is 13.2 Å². The molecule has 0 heterocycles. The zero-order chi connectivity index (χ0) is 16.3.